The molecule has 0 saturated carbocycles. The van der Waals surface area contributed by atoms with Crippen molar-refractivity contribution in [2.45, 2.75) is 25.7 Å². The van der Waals surface area contributed by atoms with Gasteiger partial charge in [-0.3, -0.25) is 0 Å². The number of rotatable bonds is 7. The van der Waals surface area contributed by atoms with E-state index >= 15 is 0 Å². The van der Waals surface area contributed by atoms with Gasteiger partial charge in [0, 0.05) is 30.4 Å². The van der Waals surface area contributed by atoms with Crippen LogP contribution in [-0.4, -0.2) is 13.7 Å². The Labute approximate surface area is 202 Å². The molecule has 0 spiro atoms. The molecule has 4 aromatic rings. The van der Waals surface area contributed by atoms with Crippen molar-refractivity contribution in [3.8, 4) is 11.8 Å². The molecule has 5 heteroatoms. The lowest BCUT2D eigenvalue weighted by molar-refractivity contribution is 0.195. The fourth-order valence-corrected chi connectivity index (χ4v) is 3.95. The van der Waals surface area contributed by atoms with Gasteiger partial charge < -0.3 is 4.74 Å². The van der Waals surface area contributed by atoms with Gasteiger partial charge in [-0.2, -0.15) is 0 Å². The number of aryl methyl sites for hydroxylation is 2. The van der Waals surface area contributed by atoms with E-state index in [4.69, 9.17) is 4.74 Å². The normalized spacial score (nSPS) is 10.9. The van der Waals surface area contributed by atoms with Crippen LogP contribution in [0.25, 0.3) is 10.8 Å². The molecule has 0 heterocycles. The van der Waals surface area contributed by atoms with E-state index in [1.165, 1.54) is 12.1 Å². The van der Waals surface area contributed by atoms with Crippen molar-refractivity contribution < 1.29 is 22.3 Å². The summed E-state index contributed by atoms with van der Waals surface area (Å²) in [5.74, 6) is 3.28. The van der Waals surface area contributed by atoms with Crippen LogP contribution in [0.2, 0.25) is 0 Å². The maximum absolute atomic E-state index is 14.5. The first-order valence-electron chi connectivity index (χ1n) is 11.4. The van der Waals surface area contributed by atoms with E-state index < -0.39 is 23.3 Å². The first-order chi connectivity index (χ1) is 16.9. The quantitative estimate of drug-likeness (QED) is 0.156. The molecule has 178 valence electrons. The van der Waals surface area contributed by atoms with Gasteiger partial charge in [-0.25, -0.2) is 17.6 Å². The molecule has 0 unspecified atom stereocenters. The first kappa shape index (κ1) is 24.5. The van der Waals surface area contributed by atoms with Crippen LogP contribution < -0.4 is 0 Å². The van der Waals surface area contributed by atoms with E-state index in [1.54, 1.807) is 25.3 Å². The minimum Gasteiger partial charge on any atom is -0.385 e. The van der Waals surface area contributed by atoms with Gasteiger partial charge >= 0.3 is 0 Å². The Bertz CT molecular complexity index is 1380. The molecule has 0 aromatic heterocycles. The van der Waals surface area contributed by atoms with E-state index in [-0.39, 0.29) is 12.0 Å². The van der Waals surface area contributed by atoms with Gasteiger partial charge in [-0.1, -0.05) is 30.0 Å². The van der Waals surface area contributed by atoms with Crippen molar-refractivity contribution in [3.05, 3.63) is 118 Å². The predicted molar refractivity (Wildman–Crippen MR) is 130 cm³/mol. The van der Waals surface area contributed by atoms with E-state index in [0.29, 0.717) is 47.8 Å². The largest absolute Gasteiger partial charge is 0.385 e. The first-order valence-corrected chi connectivity index (χ1v) is 11.4. The number of ether oxygens (including phenoxy) is 1. The maximum atomic E-state index is 14.5. The minimum atomic E-state index is -0.893. The summed E-state index contributed by atoms with van der Waals surface area (Å²) in [6, 6.07) is 17.8. The lowest BCUT2D eigenvalue weighted by Gasteiger charge is -2.09. The molecular formula is C30H24F4O. The second-order valence-electron chi connectivity index (χ2n) is 8.41. The third-order valence-electron chi connectivity index (χ3n) is 5.86. The zero-order valence-electron chi connectivity index (χ0n) is 19.3. The maximum Gasteiger partial charge on any atom is 0.159 e. The van der Waals surface area contributed by atoms with E-state index in [9.17, 15) is 17.6 Å². The summed E-state index contributed by atoms with van der Waals surface area (Å²) < 4.78 is 60.8. The molecule has 0 atom stereocenters. The molecule has 35 heavy (non-hydrogen) atoms. The molecule has 0 fully saturated rings. The highest BCUT2D eigenvalue weighted by atomic mass is 19.2. The second kappa shape index (κ2) is 11.2. The van der Waals surface area contributed by atoms with Crippen LogP contribution in [0.3, 0.4) is 0 Å². The fourth-order valence-electron chi connectivity index (χ4n) is 3.95. The number of halogens is 4. The zero-order valence-corrected chi connectivity index (χ0v) is 19.3. The van der Waals surface area contributed by atoms with Crippen molar-refractivity contribution in [3.63, 3.8) is 0 Å². The monoisotopic (exact) mass is 476 g/mol. The average molecular weight is 477 g/mol. The average Bonchev–Trinajstić information content (AvgIpc) is 2.84. The van der Waals surface area contributed by atoms with Crippen molar-refractivity contribution in [1.82, 2.24) is 0 Å². The van der Waals surface area contributed by atoms with Gasteiger partial charge in [0.15, 0.2) is 11.6 Å². The van der Waals surface area contributed by atoms with Gasteiger partial charge in [0.2, 0.25) is 0 Å². The van der Waals surface area contributed by atoms with Crippen LogP contribution in [0.15, 0.2) is 66.7 Å². The van der Waals surface area contributed by atoms with Crippen molar-refractivity contribution in [2.75, 3.05) is 13.7 Å². The highest BCUT2D eigenvalue weighted by molar-refractivity contribution is 5.84. The lowest BCUT2D eigenvalue weighted by Crippen LogP contribution is -2.02. The van der Waals surface area contributed by atoms with Gasteiger partial charge in [0.1, 0.15) is 11.6 Å². The molecule has 4 rings (SSSR count). The van der Waals surface area contributed by atoms with Crippen LogP contribution in [0.1, 0.15) is 34.2 Å². The van der Waals surface area contributed by atoms with E-state index in [1.807, 2.05) is 24.3 Å². The summed E-state index contributed by atoms with van der Waals surface area (Å²) in [7, 11) is 1.60. The topological polar surface area (TPSA) is 9.23 Å². The fraction of sp³-hybridized carbons (Fsp3) is 0.200. The molecule has 0 amide bonds. The molecule has 0 aliphatic heterocycles. The number of hydrogen-bond acceptors (Lipinski definition) is 1. The zero-order chi connectivity index (χ0) is 24.8. The summed E-state index contributed by atoms with van der Waals surface area (Å²) in [6.07, 6.45) is 2.04. The van der Waals surface area contributed by atoms with Crippen LogP contribution in [0.4, 0.5) is 17.6 Å². The Morgan fingerprint density at radius 3 is 1.91 bits per heavy atom. The van der Waals surface area contributed by atoms with Crippen LogP contribution >= 0.6 is 0 Å². The van der Waals surface area contributed by atoms with Crippen molar-refractivity contribution >= 4 is 10.8 Å². The lowest BCUT2D eigenvalue weighted by atomic mass is 10.00. The Kier molecular flexibility index (Phi) is 7.84. The van der Waals surface area contributed by atoms with Crippen LogP contribution in [0.5, 0.6) is 0 Å². The third kappa shape index (κ3) is 6.29. The molecule has 0 saturated heterocycles. The van der Waals surface area contributed by atoms with Gasteiger partial charge in [-0.15, -0.1) is 0 Å². The smallest absolute Gasteiger partial charge is 0.159 e. The third-order valence-corrected chi connectivity index (χ3v) is 5.86. The van der Waals surface area contributed by atoms with Gasteiger partial charge in [-0.05, 0) is 96.1 Å². The Morgan fingerprint density at radius 1 is 0.600 bits per heavy atom. The van der Waals surface area contributed by atoms with Crippen LogP contribution in [0, 0.1) is 35.1 Å². The Morgan fingerprint density at radius 2 is 1.23 bits per heavy atom. The molecule has 0 aliphatic rings. The number of fused-ring (bicyclic) bond motifs is 1. The predicted octanol–water partition coefficient (Wildman–Crippen LogP) is 7.16. The summed E-state index contributed by atoms with van der Waals surface area (Å²) >= 11 is 0. The Hall–Kier alpha value is -3.62. The minimum absolute atomic E-state index is 0.0944. The van der Waals surface area contributed by atoms with Crippen molar-refractivity contribution in [2.24, 2.45) is 0 Å². The molecule has 0 bridgehead atoms. The molecule has 0 N–H and O–H groups in total. The highest BCUT2D eigenvalue weighted by Crippen LogP contribution is 2.21. The van der Waals surface area contributed by atoms with Gasteiger partial charge in [0.25, 0.3) is 0 Å². The number of hydrogen-bond donors (Lipinski definition) is 0. The van der Waals surface area contributed by atoms with E-state index in [0.717, 1.165) is 23.3 Å². The molecular weight excluding hydrogens is 452 g/mol. The second-order valence-corrected chi connectivity index (χ2v) is 8.41. The van der Waals surface area contributed by atoms with Crippen molar-refractivity contribution in [1.29, 1.82) is 0 Å². The Balaban J connectivity index is 1.40. The summed E-state index contributed by atoms with van der Waals surface area (Å²) in [5, 5.41) is 1.18. The molecule has 4 aromatic carbocycles. The van der Waals surface area contributed by atoms with Gasteiger partial charge in [0.05, 0.1) is 0 Å². The standard InChI is InChI=1S/C30H24F4O/c1-35-14-2-3-23-16-27(31)26(28(32)17-23)13-11-21-6-4-20(5-7-21)8-9-22-10-12-24-18-29(33)30(34)19-25(24)15-22/h4-7,10,12,15-19H,2-3,11,13-14H2,1H3. The SMILES string of the molecule is COCCCc1cc(F)c(CCc2ccc(C#Cc3ccc4cc(F)c(F)cc4c3)cc2)c(F)c1. The summed E-state index contributed by atoms with van der Waals surface area (Å²) in [4.78, 5) is 0. The highest BCUT2D eigenvalue weighted by Gasteiger charge is 2.11. The number of benzene rings is 4. The van der Waals surface area contributed by atoms with E-state index in [2.05, 4.69) is 11.8 Å². The summed E-state index contributed by atoms with van der Waals surface area (Å²) in [6.45, 7) is 0.550. The molecule has 0 radical (unpaired) electrons. The summed E-state index contributed by atoms with van der Waals surface area (Å²) in [5.41, 5.74) is 3.13. The van der Waals surface area contributed by atoms with Crippen LogP contribution in [-0.2, 0) is 24.0 Å². The number of methoxy groups -OCH3 is 1. The molecule has 1 nitrogen and oxygen atoms in total. The molecule has 0 aliphatic carbocycles.